The van der Waals surface area contributed by atoms with E-state index in [-0.39, 0.29) is 0 Å². The lowest BCUT2D eigenvalue weighted by Gasteiger charge is -2.08. The molecule has 0 saturated carbocycles. The van der Waals surface area contributed by atoms with Gasteiger partial charge in [-0.1, -0.05) is 53.5 Å². The van der Waals surface area contributed by atoms with E-state index in [1.165, 1.54) is 0 Å². The maximum absolute atomic E-state index is 10.0. The summed E-state index contributed by atoms with van der Waals surface area (Å²) in [7, 11) is 0. The van der Waals surface area contributed by atoms with Crippen LogP contribution in [0.4, 0.5) is 0 Å². The SMILES string of the molecule is CC(O)c1cc(-c2ccc(-c3ccccc3Cl)s2)n(-c2ccccc2Cl)n1. The molecule has 1 atom stereocenters. The van der Waals surface area contributed by atoms with Gasteiger partial charge in [-0.05, 0) is 43.3 Å². The number of para-hydroxylation sites is 1. The number of halogens is 2. The van der Waals surface area contributed by atoms with Crippen molar-refractivity contribution in [2.45, 2.75) is 13.0 Å². The Hall–Kier alpha value is -2.11. The third-order valence-electron chi connectivity index (χ3n) is 4.23. The van der Waals surface area contributed by atoms with Crippen LogP contribution in [0.15, 0.2) is 66.7 Å². The molecule has 0 bridgehead atoms. The quantitative estimate of drug-likeness (QED) is 0.406. The summed E-state index contributed by atoms with van der Waals surface area (Å²) in [6, 6.07) is 21.3. The van der Waals surface area contributed by atoms with Gasteiger partial charge in [-0.2, -0.15) is 5.10 Å². The summed E-state index contributed by atoms with van der Waals surface area (Å²) < 4.78 is 1.78. The van der Waals surface area contributed by atoms with Gasteiger partial charge in [0, 0.05) is 15.5 Å². The van der Waals surface area contributed by atoms with Crippen LogP contribution in [0.25, 0.3) is 26.7 Å². The highest BCUT2D eigenvalue weighted by atomic mass is 35.5. The number of rotatable bonds is 4. The van der Waals surface area contributed by atoms with E-state index < -0.39 is 6.10 Å². The summed E-state index contributed by atoms with van der Waals surface area (Å²) in [4.78, 5) is 2.09. The first kappa shape index (κ1) is 18.3. The maximum Gasteiger partial charge on any atom is 0.0950 e. The van der Waals surface area contributed by atoms with E-state index in [4.69, 9.17) is 23.2 Å². The zero-order valence-corrected chi connectivity index (χ0v) is 16.8. The average Bonchev–Trinajstić information content (AvgIpc) is 3.29. The molecule has 4 aromatic rings. The van der Waals surface area contributed by atoms with Crippen molar-refractivity contribution >= 4 is 34.5 Å². The highest BCUT2D eigenvalue weighted by Crippen LogP contribution is 2.39. The van der Waals surface area contributed by atoms with Crippen LogP contribution >= 0.6 is 34.5 Å². The molecule has 27 heavy (non-hydrogen) atoms. The minimum atomic E-state index is -0.671. The van der Waals surface area contributed by atoms with E-state index in [0.29, 0.717) is 10.7 Å². The first-order valence-corrected chi connectivity index (χ1v) is 10.00. The molecule has 0 amide bonds. The molecular weight excluding hydrogens is 399 g/mol. The van der Waals surface area contributed by atoms with Crippen molar-refractivity contribution in [3.05, 3.63) is 82.5 Å². The lowest BCUT2D eigenvalue weighted by Crippen LogP contribution is -2.01. The lowest BCUT2D eigenvalue weighted by atomic mass is 10.2. The standard InChI is InChI=1S/C21H16Cl2N2OS/c1-13(26)17-12-19(25(24-17)18-9-5-4-8-16(18)23)21-11-10-20(27-21)14-6-2-3-7-15(14)22/h2-13,26H,1H3. The number of hydrogen-bond acceptors (Lipinski definition) is 3. The molecule has 1 unspecified atom stereocenters. The van der Waals surface area contributed by atoms with Crippen LogP contribution in [0.5, 0.6) is 0 Å². The van der Waals surface area contributed by atoms with E-state index in [1.807, 2.05) is 66.7 Å². The molecule has 136 valence electrons. The van der Waals surface area contributed by atoms with Gasteiger partial charge >= 0.3 is 0 Å². The van der Waals surface area contributed by atoms with Crippen molar-refractivity contribution in [2.75, 3.05) is 0 Å². The van der Waals surface area contributed by atoms with Gasteiger partial charge in [0.1, 0.15) is 0 Å². The highest BCUT2D eigenvalue weighted by molar-refractivity contribution is 7.18. The molecule has 0 aliphatic heterocycles. The summed E-state index contributed by atoms with van der Waals surface area (Å²) in [5.41, 5.74) is 3.24. The minimum Gasteiger partial charge on any atom is -0.387 e. The number of hydrogen-bond donors (Lipinski definition) is 1. The Bertz CT molecular complexity index is 1100. The smallest absolute Gasteiger partial charge is 0.0950 e. The number of aliphatic hydroxyl groups excluding tert-OH is 1. The number of aromatic nitrogens is 2. The summed E-state index contributed by atoms with van der Waals surface area (Å²) in [6.45, 7) is 1.70. The normalized spacial score (nSPS) is 12.3. The van der Waals surface area contributed by atoms with Crippen molar-refractivity contribution < 1.29 is 5.11 Å². The van der Waals surface area contributed by atoms with Crippen LogP contribution in [0, 0.1) is 0 Å². The van der Waals surface area contributed by atoms with Gasteiger partial charge in [-0.25, -0.2) is 4.68 Å². The van der Waals surface area contributed by atoms with Crippen molar-refractivity contribution in [3.63, 3.8) is 0 Å². The lowest BCUT2D eigenvalue weighted by molar-refractivity contribution is 0.193. The van der Waals surface area contributed by atoms with Crippen LogP contribution in [-0.2, 0) is 0 Å². The molecule has 0 aliphatic carbocycles. The number of benzene rings is 2. The Labute approximate surface area is 171 Å². The Morgan fingerprint density at radius 3 is 2.30 bits per heavy atom. The summed E-state index contributed by atoms with van der Waals surface area (Å²) >= 11 is 14.4. The summed E-state index contributed by atoms with van der Waals surface area (Å²) in [5.74, 6) is 0. The van der Waals surface area contributed by atoms with E-state index >= 15 is 0 Å². The predicted octanol–water partition coefficient (Wildman–Crippen LogP) is 6.63. The van der Waals surface area contributed by atoms with Crippen LogP contribution in [0.2, 0.25) is 10.0 Å². The average molecular weight is 415 g/mol. The minimum absolute atomic E-state index is 0.595. The first-order valence-electron chi connectivity index (χ1n) is 8.42. The van der Waals surface area contributed by atoms with Gasteiger partial charge in [-0.3, -0.25) is 0 Å². The van der Waals surface area contributed by atoms with Crippen LogP contribution in [0.3, 0.4) is 0 Å². The van der Waals surface area contributed by atoms with E-state index in [0.717, 1.165) is 31.7 Å². The molecule has 0 saturated heterocycles. The van der Waals surface area contributed by atoms with Crippen molar-refractivity contribution in [2.24, 2.45) is 0 Å². The van der Waals surface area contributed by atoms with Crippen LogP contribution < -0.4 is 0 Å². The highest BCUT2D eigenvalue weighted by Gasteiger charge is 2.18. The molecular formula is C21H16Cl2N2OS. The summed E-state index contributed by atoms with van der Waals surface area (Å²) in [6.07, 6.45) is -0.671. The second-order valence-electron chi connectivity index (χ2n) is 6.14. The van der Waals surface area contributed by atoms with Gasteiger partial charge in [0.25, 0.3) is 0 Å². The number of aliphatic hydroxyl groups is 1. The molecule has 0 spiro atoms. The monoisotopic (exact) mass is 414 g/mol. The summed E-state index contributed by atoms with van der Waals surface area (Å²) in [5, 5.41) is 15.9. The topological polar surface area (TPSA) is 38.0 Å². The fourth-order valence-corrected chi connectivity index (χ4v) is 4.42. The van der Waals surface area contributed by atoms with Crippen molar-refractivity contribution in [3.8, 4) is 26.7 Å². The van der Waals surface area contributed by atoms with E-state index in [9.17, 15) is 5.11 Å². The first-order chi connectivity index (χ1) is 13.0. The van der Waals surface area contributed by atoms with Gasteiger partial charge in [0.15, 0.2) is 0 Å². The third-order valence-corrected chi connectivity index (χ3v) is 6.02. The Balaban J connectivity index is 1.85. The Kier molecular flexibility index (Phi) is 5.06. The van der Waals surface area contributed by atoms with Gasteiger partial charge in [-0.15, -0.1) is 11.3 Å². The fourth-order valence-electron chi connectivity index (χ4n) is 2.87. The van der Waals surface area contributed by atoms with Gasteiger partial charge in [0.2, 0.25) is 0 Å². The third kappa shape index (κ3) is 3.54. The molecule has 4 rings (SSSR count). The Morgan fingerprint density at radius 1 is 0.926 bits per heavy atom. The van der Waals surface area contributed by atoms with Crippen LogP contribution in [0.1, 0.15) is 18.7 Å². The Morgan fingerprint density at radius 2 is 1.59 bits per heavy atom. The second-order valence-corrected chi connectivity index (χ2v) is 8.04. The second kappa shape index (κ2) is 7.49. The predicted molar refractivity (Wildman–Crippen MR) is 113 cm³/mol. The molecule has 3 nitrogen and oxygen atoms in total. The molecule has 1 N–H and O–H groups in total. The number of nitrogens with zero attached hydrogens (tertiary/aromatic N) is 2. The van der Waals surface area contributed by atoms with Crippen molar-refractivity contribution in [1.82, 2.24) is 9.78 Å². The fraction of sp³-hybridized carbons (Fsp3) is 0.0952. The van der Waals surface area contributed by atoms with Gasteiger partial charge in [0.05, 0.1) is 33.1 Å². The molecule has 0 aliphatic rings. The molecule has 0 fully saturated rings. The maximum atomic E-state index is 10.0. The molecule has 2 aromatic heterocycles. The van der Waals surface area contributed by atoms with E-state index in [2.05, 4.69) is 5.10 Å². The zero-order valence-electron chi connectivity index (χ0n) is 14.4. The van der Waals surface area contributed by atoms with E-state index in [1.54, 1.807) is 22.9 Å². The number of thiophene rings is 1. The van der Waals surface area contributed by atoms with Crippen molar-refractivity contribution in [1.29, 1.82) is 0 Å². The molecule has 6 heteroatoms. The molecule has 0 radical (unpaired) electrons. The van der Waals surface area contributed by atoms with Crippen LogP contribution in [-0.4, -0.2) is 14.9 Å². The van der Waals surface area contributed by atoms with Gasteiger partial charge < -0.3 is 5.11 Å². The largest absolute Gasteiger partial charge is 0.387 e. The zero-order chi connectivity index (χ0) is 19.0. The molecule has 2 heterocycles. The molecule has 2 aromatic carbocycles.